The van der Waals surface area contributed by atoms with Crippen LogP contribution in [-0.4, -0.2) is 30.8 Å². The Hall–Kier alpha value is -1.69. The maximum atomic E-state index is 13.5. The SMILES string of the molecule is CCOC(=O)C(C)(COc1cc(F)ccc1F)NC1CC1. The number of ether oxygens (including phenoxy) is 2. The molecule has 4 nitrogen and oxygen atoms in total. The van der Waals surface area contributed by atoms with Gasteiger partial charge in [-0.1, -0.05) is 0 Å². The van der Waals surface area contributed by atoms with Crippen molar-refractivity contribution in [2.24, 2.45) is 0 Å². The summed E-state index contributed by atoms with van der Waals surface area (Å²) < 4.78 is 37.0. The third kappa shape index (κ3) is 4.14. The van der Waals surface area contributed by atoms with Crippen molar-refractivity contribution < 1.29 is 23.0 Å². The Morgan fingerprint density at radius 3 is 2.76 bits per heavy atom. The first-order valence-electron chi connectivity index (χ1n) is 6.97. The van der Waals surface area contributed by atoms with Gasteiger partial charge in [-0.2, -0.15) is 0 Å². The summed E-state index contributed by atoms with van der Waals surface area (Å²) in [5, 5.41) is 3.14. The first-order chi connectivity index (χ1) is 9.94. The summed E-state index contributed by atoms with van der Waals surface area (Å²) in [6, 6.07) is 3.19. The van der Waals surface area contributed by atoms with Gasteiger partial charge in [0.25, 0.3) is 0 Å². The van der Waals surface area contributed by atoms with Crippen molar-refractivity contribution in [3.63, 3.8) is 0 Å². The van der Waals surface area contributed by atoms with Gasteiger partial charge in [0.15, 0.2) is 11.6 Å². The van der Waals surface area contributed by atoms with Gasteiger partial charge in [0, 0.05) is 12.1 Å². The van der Waals surface area contributed by atoms with Gasteiger partial charge in [-0.25, -0.2) is 13.6 Å². The summed E-state index contributed by atoms with van der Waals surface area (Å²) >= 11 is 0. The van der Waals surface area contributed by atoms with Crippen LogP contribution >= 0.6 is 0 Å². The minimum absolute atomic E-state index is 0.136. The number of benzene rings is 1. The van der Waals surface area contributed by atoms with E-state index in [4.69, 9.17) is 9.47 Å². The standard InChI is InChI=1S/C15H19F2NO3/c1-3-20-14(19)15(2,18-11-5-6-11)9-21-13-8-10(16)4-7-12(13)17/h4,7-8,11,18H,3,5-6,9H2,1-2H3. The Balaban J connectivity index is 2.07. The molecule has 0 saturated heterocycles. The second-order valence-corrected chi connectivity index (χ2v) is 5.33. The summed E-state index contributed by atoms with van der Waals surface area (Å²) in [7, 11) is 0. The van der Waals surface area contributed by atoms with Gasteiger partial charge in [-0.3, -0.25) is 5.32 Å². The first-order valence-corrected chi connectivity index (χ1v) is 6.97. The predicted molar refractivity (Wildman–Crippen MR) is 73.0 cm³/mol. The highest BCUT2D eigenvalue weighted by Gasteiger charge is 2.40. The molecule has 1 aromatic rings. The number of nitrogens with one attached hydrogen (secondary N) is 1. The largest absolute Gasteiger partial charge is 0.488 e. The van der Waals surface area contributed by atoms with Gasteiger partial charge in [-0.05, 0) is 38.8 Å². The second kappa shape index (κ2) is 6.39. The molecule has 0 amide bonds. The van der Waals surface area contributed by atoms with Crippen LogP contribution in [0.15, 0.2) is 18.2 Å². The monoisotopic (exact) mass is 299 g/mol. The van der Waals surface area contributed by atoms with Gasteiger partial charge >= 0.3 is 5.97 Å². The van der Waals surface area contributed by atoms with Crippen LogP contribution in [-0.2, 0) is 9.53 Å². The lowest BCUT2D eigenvalue weighted by atomic mass is 10.0. The Kier molecular flexibility index (Phi) is 4.77. The van der Waals surface area contributed by atoms with Gasteiger partial charge in [0.1, 0.15) is 18.0 Å². The van der Waals surface area contributed by atoms with Gasteiger partial charge in [-0.15, -0.1) is 0 Å². The lowest BCUT2D eigenvalue weighted by molar-refractivity contribution is -0.152. The molecule has 2 rings (SSSR count). The summed E-state index contributed by atoms with van der Waals surface area (Å²) in [5.74, 6) is -1.95. The molecule has 1 aromatic carbocycles. The van der Waals surface area contributed by atoms with Crippen molar-refractivity contribution >= 4 is 5.97 Å². The molecule has 1 aliphatic carbocycles. The topological polar surface area (TPSA) is 47.6 Å². The van der Waals surface area contributed by atoms with E-state index < -0.39 is 23.1 Å². The molecule has 0 spiro atoms. The lowest BCUT2D eigenvalue weighted by Gasteiger charge is -2.28. The molecule has 0 bridgehead atoms. The lowest BCUT2D eigenvalue weighted by Crippen LogP contribution is -2.55. The number of carbonyl (C=O) groups excluding carboxylic acids is 1. The highest BCUT2D eigenvalue weighted by Crippen LogP contribution is 2.25. The van der Waals surface area contributed by atoms with Crippen molar-refractivity contribution in [3.05, 3.63) is 29.8 Å². The number of rotatable bonds is 7. The molecule has 1 fully saturated rings. The fourth-order valence-corrected chi connectivity index (χ4v) is 1.94. The van der Waals surface area contributed by atoms with E-state index in [-0.39, 0.29) is 25.0 Å². The van der Waals surface area contributed by atoms with Crippen LogP contribution in [0.3, 0.4) is 0 Å². The minimum Gasteiger partial charge on any atom is -0.488 e. The van der Waals surface area contributed by atoms with E-state index >= 15 is 0 Å². The summed E-state index contributed by atoms with van der Waals surface area (Å²) in [6.45, 7) is 3.46. The minimum atomic E-state index is -1.09. The molecule has 1 atom stereocenters. The van der Waals surface area contributed by atoms with Crippen LogP contribution in [0.5, 0.6) is 5.75 Å². The van der Waals surface area contributed by atoms with Gasteiger partial charge in [0.05, 0.1) is 6.61 Å². The van der Waals surface area contributed by atoms with Crippen LogP contribution in [0.25, 0.3) is 0 Å². The normalized spacial score (nSPS) is 17.1. The number of hydrogen-bond acceptors (Lipinski definition) is 4. The van der Waals surface area contributed by atoms with E-state index in [1.54, 1.807) is 13.8 Å². The number of carbonyl (C=O) groups is 1. The van der Waals surface area contributed by atoms with Crippen molar-refractivity contribution in [2.75, 3.05) is 13.2 Å². The Bertz CT molecular complexity index is 520. The van der Waals surface area contributed by atoms with Gasteiger partial charge < -0.3 is 9.47 Å². The van der Waals surface area contributed by atoms with Crippen LogP contribution in [0.4, 0.5) is 8.78 Å². The van der Waals surface area contributed by atoms with Crippen LogP contribution in [0.2, 0.25) is 0 Å². The maximum Gasteiger partial charge on any atom is 0.329 e. The number of esters is 1. The molecule has 0 heterocycles. The van der Waals surface area contributed by atoms with Crippen LogP contribution in [0, 0.1) is 11.6 Å². The molecule has 0 aliphatic heterocycles. The van der Waals surface area contributed by atoms with E-state index in [0.29, 0.717) is 0 Å². The summed E-state index contributed by atoms with van der Waals surface area (Å²) in [5.41, 5.74) is -1.09. The molecule has 0 aromatic heterocycles. The molecular formula is C15H19F2NO3. The van der Waals surface area contributed by atoms with Crippen molar-refractivity contribution in [1.29, 1.82) is 0 Å². The van der Waals surface area contributed by atoms with Gasteiger partial charge in [0.2, 0.25) is 0 Å². The molecule has 116 valence electrons. The van der Waals surface area contributed by atoms with E-state index in [0.717, 1.165) is 31.0 Å². The van der Waals surface area contributed by atoms with Crippen LogP contribution < -0.4 is 10.1 Å². The third-order valence-electron chi connectivity index (χ3n) is 3.24. The average Bonchev–Trinajstić information content (AvgIpc) is 3.24. The zero-order chi connectivity index (χ0) is 15.5. The maximum absolute atomic E-state index is 13.5. The molecule has 6 heteroatoms. The van der Waals surface area contributed by atoms with E-state index in [9.17, 15) is 13.6 Å². The fraction of sp³-hybridized carbons (Fsp3) is 0.533. The summed E-state index contributed by atoms with van der Waals surface area (Å²) in [6.07, 6.45) is 1.95. The van der Waals surface area contributed by atoms with E-state index in [2.05, 4.69) is 5.32 Å². The molecular weight excluding hydrogens is 280 g/mol. The molecule has 1 aliphatic rings. The summed E-state index contributed by atoms with van der Waals surface area (Å²) in [4.78, 5) is 12.1. The Morgan fingerprint density at radius 1 is 1.43 bits per heavy atom. The van der Waals surface area contributed by atoms with Crippen LogP contribution in [0.1, 0.15) is 26.7 Å². The first kappa shape index (κ1) is 15.7. The average molecular weight is 299 g/mol. The smallest absolute Gasteiger partial charge is 0.329 e. The Morgan fingerprint density at radius 2 is 2.14 bits per heavy atom. The molecule has 1 saturated carbocycles. The molecule has 1 N–H and O–H groups in total. The quantitative estimate of drug-likeness (QED) is 0.786. The van der Waals surface area contributed by atoms with Crippen molar-refractivity contribution in [3.8, 4) is 5.75 Å². The number of hydrogen-bond donors (Lipinski definition) is 1. The highest BCUT2D eigenvalue weighted by atomic mass is 19.1. The zero-order valence-corrected chi connectivity index (χ0v) is 12.1. The molecule has 1 unspecified atom stereocenters. The van der Waals surface area contributed by atoms with Crippen molar-refractivity contribution in [1.82, 2.24) is 5.32 Å². The number of halogens is 2. The van der Waals surface area contributed by atoms with Crippen molar-refractivity contribution in [2.45, 2.75) is 38.3 Å². The molecule has 0 radical (unpaired) electrons. The third-order valence-corrected chi connectivity index (χ3v) is 3.24. The molecule has 21 heavy (non-hydrogen) atoms. The highest BCUT2D eigenvalue weighted by molar-refractivity contribution is 5.80. The fourth-order valence-electron chi connectivity index (χ4n) is 1.94. The van der Waals surface area contributed by atoms with E-state index in [1.165, 1.54) is 0 Å². The zero-order valence-electron chi connectivity index (χ0n) is 12.1. The van der Waals surface area contributed by atoms with E-state index in [1.807, 2.05) is 0 Å². The predicted octanol–water partition coefficient (Wildman–Crippen LogP) is 2.42. The Labute approximate surface area is 122 Å². The second-order valence-electron chi connectivity index (χ2n) is 5.33.